The smallest absolute Gasteiger partial charge is 0.136 e. The molecule has 2 aromatic heterocycles. The molecular formula is C24H20N2O. The highest BCUT2D eigenvalue weighted by Gasteiger charge is 2.21. The van der Waals surface area contributed by atoms with Crippen LogP contribution in [0.3, 0.4) is 0 Å². The molecule has 1 saturated carbocycles. The highest BCUT2D eigenvalue weighted by Crippen LogP contribution is 2.39. The maximum absolute atomic E-state index is 9.72. The van der Waals surface area contributed by atoms with Crippen LogP contribution in [0, 0.1) is 11.3 Å². The van der Waals surface area contributed by atoms with Gasteiger partial charge >= 0.3 is 0 Å². The van der Waals surface area contributed by atoms with Crippen molar-refractivity contribution in [1.29, 1.82) is 5.26 Å². The minimum atomic E-state index is 0.482. The molecule has 0 amide bonds. The number of hydrogen-bond donors (Lipinski definition) is 0. The normalized spacial score (nSPS) is 15.2. The number of fused-ring (bicyclic) bond motifs is 3. The van der Waals surface area contributed by atoms with Gasteiger partial charge in [0.2, 0.25) is 0 Å². The Morgan fingerprint density at radius 1 is 0.926 bits per heavy atom. The van der Waals surface area contributed by atoms with Gasteiger partial charge in [0.1, 0.15) is 11.2 Å². The van der Waals surface area contributed by atoms with Gasteiger partial charge in [-0.2, -0.15) is 5.26 Å². The van der Waals surface area contributed by atoms with Crippen molar-refractivity contribution in [2.75, 3.05) is 0 Å². The summed E-state index contributed by atoms with van der Waals surface area (Å²) in [5.74, 6) is 0.482. The molecule has 0 aliphatic heterocycles. The highest BCUT2D eigenvalue weighted by molar-refractivity contribution is 6.06. The van der Waals surface area contributed by atoms with Gasteiger partial charge in [-0.3, -0.25) is 4.98 Å². The average Bonchev–Trinajstić information content (AvgIpc) is 3.10. The minimum absolute atomic E-state index is 0.482. The first-order chi connectivity index (χ1) is 13.3. The van der Waals surface area contributed by atoms with Gasteiger partial charge in [0.25, 0.3) is 0 Å². The van der Waals surface area contributed by atoms with E-state index in [4.69, 9.17) is 4.42 Å². The Hall–Kier alpha value is -3.12. The van der Waals surface area contributed by atoms with Crippen LogP contribution in [0.25, 0.3) is 33.2 Å². The first-order valence-electron chi connectivity index (χ1n) is 9.65. The van der Waals surface area contributed by atoms with Crippen LogP contribution >= 0.6 is 0 Å². The zero-order chi connectivity index (χ0) is 18.2. The zero-order valence-electron chi connectivity index (χ0n) is 15.1. The summed E-state index contributed by atoms with van der Waals surface area (Å²) in [6, 6.07) is 18.7. The molecule has 0 unspecified atom stereocenters. The van der Waals surface area contributed by atoms with Crippen molar-refractivity contribution < 1.29 is 4.42 Å². The summed E-state index contributed by atoms with van der Waals surface area (Å²) in [6.07, 6.45) is 7.95. The Labute approximate surface area is 158 Å². The van der Waals surface area contributed by atoms with E-state index in [1.165, 1.54) is 32.1 Å². The molecule has 2 heterocycles. The molecule has 3 heteroatoms. The molecule has 1 fully saturated rings. The maximum atomic E-state index is 9.72. The van der Waals surface area contributed by atoms with Crippen LogP contribution < -0.4 is 0 Å². The number of rotatable bonds is 2. The SMILES string of the molecule is N#Cc1cc2c(cc1C1CCCCC1)oc1cc(-c3ccccn3)ccc12. The van der Waals surface area contributed by atoms with Crippen molar-refractivity contribution in [3.8, 4) is 17.3 Å². The molecule has 0 atom stereocenters. The van der Waals surface area contributed by atoms with Gasteiger partial charge in [-0.25, -0.2) is 0 Å². The lowest BCUT2D eigenvalue weighted by molar-refractivity contribution is 0.443. The Kier molecular flexibility index (Phi) is 3.90. The molecule has 4 aromatic rings. The molecule has 0 saturated heterocycles. The average molecular weight is 352 g/mol. The van der Waals surface area contributed by atoms with Crippen LogP contribution in [0.1, 0.15) is 49.1 Å². The van der Waals surface area contributed by atoms with Crippen molar-refractivity contribution in [3.63, 3.8) is 0 Å². The monoisotopic (exact) mass is 352 g/mol. The largest absolute Gasteiger partial charge is 0.456 e. The standard InChI is InChI=1S/C24H20N2O/c25-15-18-12-21-19-10-9-17(22-8-4-5-11-26-22)13-23(19)27-24(21)14-20(18)16-6-2-1-3-7-16/h4-5,8-14,16H,1-3,6-7H2. The van der Waals surface area contributed by atoms with E-state index in [1.807, 2.05) is 30.3 Å². The first-order valence-corrected chi connectivity index (χ1v) is 9.65. The van der Waals surface area contributed by atoms with Crippen LogP contribution in [0.4, 0.5) is 0 Å². The van der Waals surface area contributed by atoms with E-state index in [-0.39, 0.29) is 0 Å². The Morgan fingerprint density at radius 2 is 1.78 bits per heavy atom. The summed E-state index contributed by atoms with van der Waals surface area (Å²) < 4.78 is 6.21. The van der Waals surface area contributed by atoms with Gasteiger partial charge in [0.15, 0.2) is 0 Å². The van der Waals surface area contributed by atoms with Crippen molar-refractivity contribution >= 4 is 21.9 Å². The molecule has 5 rings (SSSR count). The van der Waals surface area contributed by atoms with Gasteiger partial charge in [-0.1, -0.05) is 31.4 Å². The summed E-state index contributed by atoms with van der Waals surface area (Å²) in [6.45, 7) is 0. The number of benzene rings is 2. The van der Waals surface area contributed by atoms with Crippen molar-refractivity contribution in [1.82, 2.24) is 4.98 Å². The number of nitriles is 1. The highest BCUT2D eigenvalue weighted by atomic mass is 16.3. The number of furan rings is 1. The number of pyridine rings is 1. The fourth-order valence-electron chi connectivity index (χ4n) is 4.38. The van der Waals surface area contributed by atoms with E-state index < -0.39 is 0 Å². The van der Waals surface area contributed by atoms with E-state index in [0.29, 0.717) is 5.92 Å². The lowest BCUT2D eigenvalue weighted by atomic mass is 9.82. The third-order valence-corrected chi connectivity index (χ3v) is 5.77. The molecule has 3 nitrogen and oxygen atoms in total. The van der Waals surface area contributed by atoms with Crippen LogP contribution in [0.5, 0.6) is 0 Å². The third-order valence-electron chi connectivity index (χ3n) is 5.77. The second kappa shape index (κ2) is 6.55. The predicted octanol–water partition coefficient (Wildman–Crippen LogP) is 6.57. The van der Waals surface area contributed by atoms with E-state index in [1.54, 1.807) is 6.20 Å². The summed E-state index contributed by atoms with van der Waals surface area (Å²) in [5.41, 5.74) is 5.65. The predicted molar refractivity (Wildman–Crippen MR) is 107 cm³/mol. The van der Waals surface area contributed by atoms with E-state index in [0.717, 1.165) is 44.3 Å². The summed E-state index contributed by atoms with van der Waals surface area (Å²) in [7, 11) is 0. The van der Waals surface area contributed by atoms with Crippen LogP contribution in [0.2, 0.25) is 0 Å². The molecule has 132 valence electrons. The lowest BCUT2D eigenvalue weighted by Crippen LogP contribution is -2.06. The number of aromatic nitrogens is 1. The van der Waals surface area contributed by atoms with E-state index >= 15 is 0 Å². The van der Waals surface area contributed by atoms with Crippen molar-refractivity contribution in [2.24, 2.45) is 0 Å². The van der Waals surface area contributed by atoms with E-state index in [9.17, 15) is 5.26 Å². The Morgan fingerprint density at radius 3 is 2.56 bits per heavy atom. The minimum Gasteiger partial charge on any atom is -0.456 e. The van der Waals surface area contributed by atoms with E-state index in [2.05, 4.69) is 29.3 Å². The maximum Gasteiger partial charge on any atom is 0.136 e. The second-order valence-corrected chi connectivity index (χ2v) is 7.41. The third kappa shape index (κ3) is 2.78. The van der Waals surface area contributed by atoms with Crippen LogP contribution in [-0.2, 0) is 0 Å². The lowest BCUT2D eigenvalue weighted by Gasteiger charge is -2.22. The number of nitrogens with zero attached hydrogens (tertiary/aromatic N) is 2. The fraction of sp³-hybridized carbons (Fsp3) is 0.250. The molecule has 0 spiro atoms. The van der Waals surface area contributed by atoms with Crippen molar-refractivity contribution in [3.05, 3.63) is 65.9 Å². The van der Waals surface area contributed by atoms with Crippen LogP contribution in [-0.4, -0.2) is 4.98 Å². The molecule has 1 aliphatic carbocycles. The quantitative estimate of drug-likeness (QED) is 0.410. The molecule has 1 aliphatic rings. The molecule has 0 N–H and O–H groups in total. The van der Waals surface area contributed by atoms with Gasteiger partial charge < -0.3 is 4.42 Å². The molecule has 2 aromatic carbocycles. The topological polar surface area (TPSA) is 49.8 Å². The zero-order valence-corrected chi connectivity index (χ0v) is 15.1. The van der Waals surface area contributed by atoms with Crippen molar-refractivity contribution in [2.45, 2.75) is 38.0 Å². The summed E-state index contributed by atoms with van der Waals surface area (Å²) in [5, 5.41) is 11.8. The van der Waals surface area contributed by atoms with Gasteiger partial charge in [0.05, 0.1) is 17.3 Å². The Bertz CT molecular complexity index is 1160. The molecule has 0 bridgehead atoms. The molecule has 0 radical (unpaired) electrons. The van der Waals surface area contributed by atoms with Gasteiger partial charge in [-0.05, 0) is 60.7 Å². The molecule has 27 heavy (non-hydrogen) atoms. The van der Waals surface area contributed by atoms with Gasteiger partial charge in [-0.15, -0.1) is 0 Å². The summed E-state index contributed by atoms with van der Waals surface area (Å²) in [4.78, 5) is 4.43. The first kappa shape index (κ1) is 16.1. The van der Waals surface area contributed by atoms with Gasteiger partial charge in [0, 0.05) is 22.5 Å². The van der Waals surface area contributed by atoms with Crippen LogP contribution in [0.15, 0.2) is 59.1 Å². The fourth-order valence-corrected chi connectivity index (χ4v) is 4.38. The number of hydrogen-bond acceptors (Lipinski definition) is 3. The second-order valence-electron chi connectivity index (χ2n) is 7.41. The molecular weight excluding hydrogens is 332 g/mol. The summed E-state index contributed by atoms with van der Waals surface area (Å²) >= 11 is 0. The Balaban J connectivity index is 1.66.